The van der Waals surface area contributed by atoms with Crippen LogP contribution in [0.3, 0.4) is 0 Å². The molecule has 0 aliphatic carbocycles. The quantitative estimate of drug-likeness (QED) is 0.701. The lowest BCUT2D eigenvalue weighted by molar-refractivity contribution is 0.415. The Hall–Kier alpha value is -2.46. The molecule has 3 nitrogen and oxygen atoms in total. The summed E-state index contributed by atoms with van der Waals surface area (Å²) in [7, 11) is 1.65. The lowest BCUT2D eigenvalue weighted by Gasteiger charge is -2.14. The largest absolute Gasteiger partial charge is 0.497 e. The first kappa shape index (κ1) is 17.4. The summed E-state index contributed by atoms with van der Waals surface area (Å²) in [4.78, 5) is 4.74. The fraction of sp³-hybridized carbons (Fsp3) is 0.286. The number of fused-ring (bicyclic) bond motifs is 1. The van der Waals surface area contributed by atoms with E-state index in [9.17, 15) is 4.39 Å². The van der Waals surface area contributed by atoms with Crippen LogP contribution in [0.5, 0.6) is 5.75 Å². The number of aromatic nitrogens is 1. The van der Waals surface area contributed by atoms with Gasteiger partial charge in [-0.05, 0) is 48.4 Å². The number of hydrogen-bond acceptors (Lipinski definition) is 3. The van der Waals surface area contributed by atoms with Crippen molar-refractivity contribution in [3.63, 3.8) is 0 Å². The van der Waals surface area contributed by atoms with Gasteiger partial charge in [0, 0.05) is 23.6 Å². The highest BCUT2D eigenvalue weighted by Crippen LogP contribution is 2.28. The normalized spacial score (nSPS) is 11.2. The maximum absolute atomic E-state index is 13.6. The number of halogens is 1. The van der Waals surface area contributed by atoms with E-state index in [1.807, 2.05) is 24.3 Å². The summed E-state index contributed by atoms with van der Waals surface area (Å²) < 4.78 is 18.9. The van der Waals surface area contributed by atoms with Crippen LogP contribution in [-0.2, 0) is 6.54 Å². The first-order valence-corrected chi connectivity index (χ1v) is 8.51. The fourth-order valence-corrected chi connectivity index (χ4v) is 2.83. The second-order valence-electron chi connectivity index (χ2n) is 6.59. The topological polar surface area (TPSA) is 34.1 Å². The number of nitrogens with zero attached hydrogens (tertiary/aromatic N) is 1. The van der Waals surface area contributed by atoms with Gasteiger partial charge in [0.1, 0.15) is 11.6 Å². The number of nitrogens with one attached hydrogen (secondary N) is 1. The van der Waals surface area contributed by atoms with Crippen molar-refractivity contribution in [3.05, 3.63) is 59.9 Å². The first-order chi connectivity index (χ1) is 12.1. The van der Waals surface area contributed by atoms with Crippen LogP contribution in [0.25, 0.3) is 22.2 Å². The van der Waals surface area contributed by atoms with Gasteiger partial charge >= 0.3 is 0 Å². The molecule has 0 bridgehead atoms. The van der Waals surface area contributed by atoms with Crippen molar-refractivity contribution in [3.8, 4) is 17.0 Å². The van der Waals surface area contributed by atoms with Crippen LogP contribution in [-0.4, -0.2) is 18.6 Å². The third-order valence-corrected chi connectivity index (χ3v) is 4.07. The predicted molar refractivity (Wildman–Crippen MR) is 100 cm³/mol. The number of pyridine rings is 1. The van der Waals surface area contributed by atoms with E-state index >= 15 is 0 Å². The van der Waals surface area contributed by atoms with Crippen molar-refractivity contribution in [2.75, 3.05) is 13.7 Å². The van der Waals surface area contributed by atoms with Gasteiger partial charge in [-0.1, -0.05) is 26.0 Å². The predicted octanol–water partition coefficient (Wildman–Crippen LogP) is 4.80. The highest BCUT2D eigenvalue weighted by Gasteiger charge is 2.11. The summed E-state index contributed by atoms with van der Waals surface area (Å²) >= 11 is 0. The van der Waals surface area contributed by atoms with Crippen LogP contribution in [0.15, 0.2) is 48.5 Å². The van der Waals surface area contributed by atoms with E-state index in [1.54, 1.807) is 13.2 Å². The number of ether oxygens (including phenoxy) is 1. The Labute approximate surface area is 147 Å². The molecule has 0 aliphatic heterocycles. The van der Waals surface area contributed by atoms with E-state index in [2.05, 4.69) is 25.2 Å². The average Bonchev–Trinajstić information content (AvgIpc) is 2.61. The zero-order valence-corrected chi connectivity index (χ0v) is 14.8. The van der Waals surface area contributed by atoms with Crippen LogP contribution in [0.4, 0.5) is 4.39 Å². The Morgan fingerprint density at radius 1 is 1.12 bits per heavy atom. The first-order valence-electron chi connectivity index (χ1n) is 8.51. The average molecular weight is 338 g/mol. The van der Waals surface area contributed by atoms with Gasteiger partial charge in [-0.3, -0.25) is 0 Å². The molecule has 130 valence electrons. The van der Waals surface area contributed by atoms with Crippen molar-refractivity contribution in [2.45, 2.75) is 20.4 Å². The molecule has 25 heavy (non-hydrogen) atoms. The van der Waals surface area contributed by atoms with Crippen molar-refractivity contribution >= 4 is 10.9 Å². The molecule has 0 radical (unpaired) electrons. The Morgan fingerprint density at radius 2 is 1.96 bits per heavy atom. The molecule has 0 spiro atoms. The third-order valence-electron chi connectivity index (χ3n) is 4.07. The van der Waals surface area contributed by atoms with Crippen LogP contribution >= 0.6 is 0 Å². The molecule has 3 rings (SSSR count). The van der Waals surface area contributed by atoms with E-state index in [-0.39, 0.29) is 5.82 Å². The second-order valence-corrected chi connectivity index (χ2v) is 6.59. The van der Waals surface area contributed by atoms with E-state index in [0.29, 0.717) is 18.0 Å². The Balaban J connectivity index is 2.08. The summed E-state index contributed by atoms with van der Waals surface area (Å²) in [5.74, 6) is 1.07. The molecule has 0 saturated carbocycles. The van der Waals surface area contributed by atoms with Crippen molar-refractivity contribution in [1.82, 2.24) is 10.3 Å². The van der Waals surface area contributed by atoms with Crippen molar-refractivity contribution in [2.24, 2.45) is 5.92 Å². The Bertz CT molecular complexity index is 877. The van der Waals surface area contributed by atoms with Gasteiger partial charge in [-0.15, -0.1) is 0 Å². The summed E-state index contributed by atoms with van der Waals surface area (Å²) in [6.07, 6.45) is 0. The summed E-state index contributed by atoms with van der Waals surface area (Å²) in [6, 6.07) is 14.6. The molecule has 3 aromatic rings. The molecule has 0 saturated heterocycles. The standard InChI is InChI=1S/C21H23FN2O/c1-14(2)12-23-13-17-9-15-7-8-18(22)11-20(15)24-21(17)16-5-4-6-19(10-16)25-3/h4-11,14,23H,12-13H2,1-3H3. The molecule has 2 aromatic carbocycles. The highest BCUT2D eigenvalue weighted by atomic mass is 19.1. The second kappa shape index (κ2) is 7.62. The van der Waals surface area contributed by atoms with Gasteiger partial charge in [0.15, 0.2) is 0 Å². The van der Waals surface area contributed by atoms with E-state index < -0.39 is 0 Å². The zero-order chi connectivity index (χ0) is 17.8. The zero-order valence-electron chi connectivity index (χ0n) is 14.8. The van der Waals surface area contributed by atoms with Crippen molar-refractivity contribution in [1.29, 1.82) is 0 Å². The molecule has 0 atom stereocenters. The van der Waals surface area contributed by atoms with E-state index in [0.717, 1.165) is 34.5 Å². The molecule has 1 N–H and O–H groups in total. The van der Waals surface area contributed by atoms with Crippen molar-refractivity contribution < 1.29 is 9.13 Å². The minimum Gasteiger partial charge on any atom is -0.497 e. The highest BCUT2D eigenvalue weighted by molar-refractivity contribution is 5.83. The molecule has 4 heteroatoms. The smallest absolute Gasteiger partial charge is 0.125 e. The molecule has 1 aromatic heterocycles. The molecule has 1 heterocycles. The van der Waals surface area contributed by atoms with Gasteiger partial charge in [-0.2, -0.15) is 0 Å². The Kier molecular flexibility index (Phi) is 5.29. The van der Waals surface area contributed by atoms with Gasteiger partial charge in [0.2, 0.25) is 0 Å². The summed E-state index contributed by atoms with van der Waals surface area (Å²) in [5.41, 5.74) is 3.57. The summed E-state index contributed by atoms with van der Waals surface area (Å²) in [6.45, 7) is 6.00. The Morgan fingerprint density at radius 3 is 2.72 bits per heavy atom. The SMILES string of the molecule is COc1cccc(-c2nc3cc(F)ccc3cc2CNCC(C)C)c1. The molecular weight excluding hydrogens is 315 g/mol. The van der Waals surface area contributed by atoms with Gasteiger partial charge in [0.05, 0.1) is 18.3 Å². The molecule has 0 fully saturated rings. The lowest BCUT2D eigenvalue weighted by Crippen LogP contribution is -2.19. The third kappa shape index (κ3) is 4.15. The van der Waals surface area contributed by atoms with Crippen LogP contribution in [0.1, 0.15) is 19.4 Å². The van der Waals surface area contributed by atoms with Gasteiger partial charge in [-0.25, -0.2) is 9.37 Å². The molecule has 0 aliphatic rings. The molecular formula is C21H23FN2O. The minimum atomic E-state index is -0.276. The van der Waals surface area contributed by atoms with E-state index in [1.165, 1.54) is 12.1 Å². The molecule has 0 unspecified atom stereocenters. The number of hydrogen-bond donors (Lipinski definition) is 1. The van der Waals surface area contributed by atoms with Crippen LogP contribution < -0.4 is 10.1 Å². The number of methoxy groups -OCH3 is 1. The van der Waals surface area contributed by atoms with Gasteiger partial charge in [0.25, 0.3) is 0 Å². The number of rotatable bonds is 6. The minimum absolute atomic E-state index is 0.276. The molecule has 0 amide bonds. The van der Waals surface area contributed by atoms with E-state index in [4.69, 9.17) is 9.72 Å². The number of benzene rings is 2. The summed E-state index contributed by atoms with van der Waals surface area (Å²) in [5, 5.41) is 4.41. The monoisotopic (exact) mass is 338 g/mol. The maximum atomic E-state index is 13.6. The fourth-order valence-electron chi connectivity index (χ4n) is 2.83. The van der Waals surface area contributed by atoms with Crippen LogP contribution in [0, 0.1) is 11.7 Å². The van der Waals surface area contributed by atoms with Crippen LogP contribution in [0.2, 0.25) is 0 Å². The van der Waals surface area contributed by atoms with Gasteiger partial charge < -0.3 is 10.1 Å². The maximum Gasteiger partial charge on any atom is 0.125 e. The lowest BCUT2D eigenvalue weighted by atomic mass is 10.0.